The highest BCUT2D eigenvalue weighted by Gasteiger charge is 2.23. The maximum atomic E-state index is 6.16. The molecule has 0 radical (unpaired) electrons. The van der Waals surface area contributed by atoms with E-state index in [2.05, 4.69) is 40.0 Å². The summed E-state index contributed by atoms with van der Waals surface area (Å²) in [4.78, 5) is 11.1. The number of hydrogen-bond acceptors (Lipinski definition) is 3. The van der Waals surface area contributed by atoms with E-state index in [1.165, 1.54) is 11.1 Å². The van der Waals surface area contributed by atoms with Crippen LogP contribution >= 0.6 is 11.6 Å². The van der Waals surface area contributed by atoms with Crippen molar-refractivity contribution < 1.29 is 0 Å². The Labute approximate surface area is 128 Å². The molecule has 0 unspecified atom stereocenters. The summed E-state index contributed by atoms with van der Waals surface area (Å²) in [5, 5.41) is 1.85. The molecular weight excluding hydrogens is 282 g/mol. The number of nitrogens with zero attached hydrogens (tertiary/aromatic N) is 3. The standard InChI is InChI=1S/C17H14ClN3/c1-11-2-5-15-14(8-11)17(20-10-19-15)21-7-6-12-3-4-13(18)9-16(12)21/h2-5,8-10H,6-7H2,1H3. The zero-order valence-corrected chi connectivity index (χ0v) is 12.4. The fourth-order valence-electron chi connectivity index (χ4n) is 2.94. The van der Waals surface area contributed by atoms with Gasteiger partial charge >= 0.3 is 0 Å². The Bertz CT molecular complexity index is 845. The van der Waals surface area contributed by atoms with Crippen LogP contribution in [0.5, 0.6) is 0 Å². The van der Waals surface area contributed by atoms with Crippen molar-refractivity contribution in [3.63, 3.8) is 0 Å². The molecule has 0 amide bonds. The van der Waals surface area contributed by atoms with Gasteiger partial charge in [0.25, 0.3) is 0 Å². The number of hydrogen-bond donors (Lipinski definition) is 0. The molecular formula is C17H14ClN3. The summed E-state index contributed by atoms with van der Waals surface area (Å²) in [5.74, 6) is 0.963. The Hall–Kier alpha value is -2.13. The fourth-order valence-corrected chi connectivity index (χ4v) is 3.11. The van der Waals surface area contributed by atoms with Crippen molar-refractivity contribution in [3.05, 3.63) is 58.9 Å². The van der Waals surface area contributed by atoms with E-state index >= 15 is 0 Å². The van der Waals surface area contributed by atoms with Gasteiger partial charge in [-0.3, -0.25) is 0 Å². The van der Waals surface area contributed by atoms with Crippen LogP contribution in [0.15, 0.2) is 42.7 Å². The summed E-state index contributed by atoms with van der Waals surface area (Å²) in [6, 6.07) is 12.3. The first kappa shape index (κ1) is 12.6. The molecule has 0 spiro atoms. The second-order valence-electron chi connectivity index (χ2n) is 5.39. The van der Waals surface area contributed by atoms with Crippen LogP contribution in [0.3, 0.4) is 0 Å². The average molecular weight is 296 g/mol. The molecule has 4 rings (SSSR count). The molecule has 0 saturated heterocycles. The van der Waals surface area contributed by atoms with Crippen molar-refractivity contribution in [1.82, 2.24) is 9.97 Å². The Morgan fingerprint density at radius 2 is 2.00 bits per heavy atom. The lowest BCUT2D eigenvalue weighted by molar-refractivity contribution is 0.974. The van der Waals surface area contributed by atoms with Crippen molar-refractivity contribution in [3.8, 4) is 0 Å². The summed E-state index contributed by atoms with van der Waals surface area (Å²) >= 11 is 6.16. The highest BCUT2D eigenvalue weighted by atomic mass is 35.5. The van der Waals surface area contributed by atoms with Gasteiger partial charge in [0.1, 0.15) is 12.1 Å². The Morgan fingerprint density at radius 1 is 1.10 bits per heavy atom. The van der Waals surface area contributed by atoms with Gasteiger partial charge in [0.2, 0.25) is 0 Å². The number of aryl methyl sites for hydroxylation is 1. The van der Waals surface area contributed by atoms with Crippen LogP contribution in [-0.4, -0.2) is 16.5 Å². The molecule has 0 N–H and O–H groups in total. The monoisotopic (exact) mass is 295 g/mol. The topological polar surface area (TPSA) is 29.0 Å². The first-order valence-corrected chi connectivity index (χ1v) is 7.37. The first-order chi connectivity index (χ1) is 10.2. The number of halogens is 1. The number of fused-ring (bicyclic) bond motifs is 2. The van der Waals surface area contributed by atoms with Crippen LogP contribution in [0.25, 0.3) is 10.9 Å². The summed E-state index contributed by atoms with van der Waals surface area (Å²) in [6.07, 6.45) is 2.65. The normalized spacial score (nSPS) is 13.7. The van der Waals surface area contributed by atoms with E-state index in [4.69, 9.17) is 11.6 Å². The molecule has 0 fully saturated rings. The first-order valence-electron chi connectivity index (χ1n) is 7.00. The third kappa shape index (κ3) is 2.05. The molecule has 0 saturated carbocycles. The van der Waals surface area contributed by atoms with Gasteiger partial charge in [0, 0.05) is 22.6 Å². The molecule has 2 heterocycles. The van der Waals surface area contributed by atoms with Gasteiger partial charge < -0.3 is 4.90 Å². The zero-order valence-electron chi connectivity index (χ0n) is 11.7. The van der Waals surface area contributed by atoms with Crippen LogP contribution in [0.2, 0.25) is 5.02 Å². The molecule has 0 atom stereocenters. The van der Waals surface area contributed by atoms with E-state index in [-0.39, 0.29) is 0 Å². The van der Waals surface area contributed by atoms with Gasteiger partial charge in [-0.2, -0.15) is 0 Å². The van der Waals surface area contributed by atoms with Crippen molar-refractivity contribution in [1.29, 1.82) is 0 Å². The third-order valence-corrected chi connectivity index (χ3v) is 4.20. The van der Waals surface area contributed by atoms with Crippen LogP contribution in [0.4, 0.5) is 11.5 Å². The predicted octanol–water partition coefficient (Wildman–Crippen LogP) is 4.29. The second kappa shape index (κ2) is 4.71. The predicted molar refractivity (Wildman–Crippen MR) is 86.4 cm³/mol. The van der Waals surface area contributed by atoms with Crippen LogP contribution in [-0.2, 0) is 6.42 Å². The number of anilines is 2. The highest BCUT2D eigenvalue weighted by molar-refractivity contribution is 6.31. The molecule has 104 valence electrons. The Morgan fingerprint density at radius 3 is 2.90 bits per heavy atom. The maximum Gasteiger partial charge on any atom is 0.144 e. The van der Waals surface area contributed by atoms with Gasteiger partial charge in [-0.15, -0.1) is 0 Å². The summed E-state index contributed by atoms with van der Waals surface area (Å²) in [6.45, 7) is 3.01. The van der Waals surface area contributed by atoms with E-state index in [1.807, 2.05) is 18.2 Å². The maximum absolute atomic E-state index is 6.16. The molecule has 3 nitrogen and oxygen atoms in total. The zero-order chi connectivity index (χ0) is 14.4. The van der Waals surface area contributed by atoms with E-state index < -0.39 is 0 Å². The molecule has 0 aliphatic carbocycles. The second-order valence-corrected chi connectivity index (χ2v) is 5.83. The molecule has 0 bridgehead atoms. The minimum absolute atomic E-state index is 0.759. The van der Waals surface area contributed by atoms with Crippen molar-refractivity contribution in [2.45, 2.75) is 13.3 Å². The van der Waals surface area contributed by atoms with Crippen LogP contribution in [0.1, 0.15) is 11.1 Å². The quantitative estimate of drug-likeness (QED) is 0.671. The van der Waals surface area contributed by atoms with E-state index in [0.29, 0.717) is 0 Å². The Kier molecular flexibility index (Phi) is 2.82. The lowest BCUT2D eigenvalue weighted by Crippen LogP contribution is -2.15. The summed E-state index contributed by atoms with van der Waals surface area (Å²) < 4.78 is 0. The van der Waals surface area contributed by atoms with Gasteiger partial charge in [0.15, 0.2) is 0 Å². The van der Waals surface area contributed by atoms with Crippen LogP contribution in [0, 0.1) is 6.92 Å². The van der Waals surface area contributed by atoms with Gasteiger partial charge in [-0.25, -0.2) is 9.97 Å². The van der Waals surface area contributed by atoms with Gasteiger partial charge in [-0.05, 0) is 43.2 Å². The molecule has 21 heavy (non-hydrogen) atoms. The average Bonchev–Trinajstić information content (AvgIpc) is 2.89. The SMILES string of the molecule is Cc1ccc2ncnc(N3CCc4ccc(Cl)cc43)c2c1. The van der Waals surface area contributed by atoms with E-state index in [9.17, 15) is 0 Å². The van der Waals surface area contributed by atoms with Crippen molar-refractivity contribution in [2.75, 3.05) is 11.4 Å². The molecule has 2 aromatic carbocycles. The largest absolute Gasteiger partial charge is 0.325 e. The molecule has 1 aromatic heterocycles. The van der Waals surface area contributed by atoms with Gasteiger partial charge in [0.05, 0.1) is 5.52 Å². The smallest absolute Gasteiger partial charge is 0.144 e. The molecule has 3 aromatic rings. The summed E-state index contributed by atoms with van der Waals surface area (Å²) in [5.41, 5.74) is 4.66. The van der Waals surface area contributed by atoms with E-state index in [0.717, 1.165) is 40.4 Å². The minimum atomic E-state index is 0.759. The molecule has 1 aliphatic heterocycles. The highest BCUT2D eigenvalue weighted by Crippen LogP contribution is 2.37. The lowest BCUT2D eigenvalue weighted by atomic mass is 10.1. The fraction of sp³-hybridized carbons (Fsp3) is 0.176. The van der Waals surface area contributed by atoms with Crippen molar-refractivity contribution in [2.24, 2.45) is 0 Å². The lowest BCUT2D eigenvalue weighted by Gasteiger charge is -2.20. The minimum Gasteiger partial charge on any atom is -0.325 e. The Balaban J connectivity index is 1.93. The third-order valence-electron chi connectivity index (χ3n) is 3.97. The molecule has 1 aliphatic rings. The van der Waals surface area contributed by atoms with E-state index in [1.54, 1.807) is 6.33 Å². The number of aromatic nitrogens is 2. The number of benzene rings is 2. The molecule has 4 heteroatoms. The number of rotatable bonds is 1. The van der Waals surface area contributed by atoms with Gasteiger partial charge in [-0.1, -0.05) is 29.3 Å². The van der Waals surface area contributed by atoms with Crippen molar-refractivity contribution >= 4 is 34.0 Å². The summed E-state index contributed by atoms with van der Waals surface area (Å²) in [7, 11) is 0. The van der Waals surface area contributed by atoms with Crippen LogP contribution < -0.4 is 4.90 Å².